The van der Waals surface area contributed by atoms with Crippen molar-refractivity contribution in [1.82, 2.24) is 9.88 Å². The number of benzene rings is 2. The van der Waals surface area contributed by atoms with E-state index in [1.807, 2.05) is 18.2 Å². The van der Waals surface area contributed by atoms with E-state index in [9.17, 15) is 5.11 Å². The summed E-state index contributed by atoms with van der Waals surface area (Å²) in [6.45, 7) is 7.39. The second kappa shape index (κ2) is 8.03. The molecule has 4 rings (SSSR count). The molecule has 1 aliphatic heterocycles. The molecule has 2 aromatic carbocycles. The smallest absolute Gasteiger partial charge is 0.165 e. The third kappa shape index (κ3) is 4.02. The molecule has 0 fully saturated rings. The Morgan fingerprint density at radius 2 is 1.93 bits per heavy atom. The first-order chi connectivity index (χ1) is 13.6. The molecular formula is C24H26N2O2. The Bertz CT molecular complexity index is 937. The van der Waals surface area contributed by atoms with Crippen LogP contribution in [0.1, 0.15) is 36.5 Å². The highest BCUT2D eigenvalue weighted by atomic mass is 16.5. The summed E-state index contributed by atoms with van der Waals surface area (Å²) >= 11 is 0. The quantitative estimate of drug-likeness (QED) is 0.700. The van der Waals surface area contributed by atoms with Gasteiger partial charge in [-0.05, 0) is 41.3 Å². The molecule has 0 amide bonds. The number of aromatic hydroxyl groups is 1. The molecule has 1 aromatic heterocycles. The maximum absolute atomic E-state index is 10.5. The summed E-state index contributed by atoms with van der Waals surface area (Å²) in [7, 11) is 0. The van der Waals surface area contributed by atoms with Crippen molar-refractivity contribution in [2.45, 2.75) is 32.9 Å². The fourth-order valence-corrected chi connectivity index (χ4v) is 3.64. The van der Waals surface area contributed by atoms with Crippen molar-refractivity contribution < 1.29 is 9.84 Å². The molecular weight excluding hydrogens is 348 g/mol. The minimum Gasteiger partial charge on any atom is -0.504 e. The highest BCUT2D eigenvalue weighted by Gasteiger charge is 2.20. The summed E-state index contributed by atoms with van der Waals surface area (Å²) in [6.07, 6.45) is 1.77. The maximum Gasteiger partial charge on any atom is 0.165 e. The van der Waals surface area contributed by atoms with Crippen LogP contribution in [-0.2, 0) is 13.1 Å². The van der Waals surface area contributed by atoms with E-state index in [2.05, 4.69) is 54.1 Å². The molecule has 0 atom stereocenters. The molecule has 0 bridgehead atoms. The predicted octanol–water partition coefficient (Wildman–Crippen LogP) is 4.97. The van der Waals surface area contributed by atoms with Crippen LogP contribution in [0.15, 0.2) is 60.8 Å². The lowest BCUT2D eigenvalue weighted by atomic mass is 10.0. The largest absolute Gasteiger partial charge is 0.504 e. The Hall–Kier alpha value is -2.85. The Morgan fingerprint density at radius 3 is 2.64 bits per heavy atom. The van der Waals surface area contributed by atoms with Gasteiger partial charge in [0.15, 0.2) is 11.5 Å². The molecule has 0 aliphatic carbocycles. The van der Waals surface area contributed by atoms with Gasteiger partial charge in [-0.3, -0.25) is 9.88 Å². The number of ether oxygens (including phenoxy) is 1. The average Bonchev–Trinajstić information content (AvgIpc) is 2.91. The fraction of sp³-hybridized carbons (Fsp3) is 0.292. The Morgan fingerprint density at radius 1 is 1.11 bits per heavy atom. The number of fused-ring (bicyclic) bond motifs is 1. The lowest BCUT2D eigenvalue weighted by Crippen LogP contribution is -2.25. The second-order valence-electron chi connectivity index (χ2n) is 7.65. The molecule has 28 heavy (non-hydrogen) atoms. The molecule has 0 radical (unpaired) electrons. The van der Waals surface area contributed by atoms with Gasteiger partial charge in [-0.1, -0.05) is 44.2 Å². The van der Waals surface area contributed by atoms with Crippen molar-refractivity contribution in [3.63, 3.8) is 0 Å². The molecule has 0 unspecified atom stereocenters. The Labute approximate surface area is 166 Å². The summed E-state index contributed by atoms with van der Waals surface area (Å²) in [5, 5.41) is 10.5. The molecule has 1 N–H and O–H groups in total. The Balaban J connectivity index is 1.57. The van der Waals surface area contributed by atoms with Crippen LogP contribution in [0.5, 0.6) is 11.5 Å². The number of nitrogens with zero attached hydrogens (tertiary/aromatic N) is 2. The number of pyridine rings is 1. The van der Waals surface area contributed by atoms with E-state index in [0.29, 0.717) is 18.3 Å². The molecule has 3 aromatic rings. The standard InChI is InChI=1S/C24H26N2O2/c1-17(2)19-8-6-18(7-9-19)15-26-11-12-28-24-21(16-26)13-20(14-23(24)27)22-5-3-4-10-25-22/h3-10,13-14,17,27H,11-12,15-16H2,1-2H3. The van der Waals surface area contributed by atoms with Crippen molar-refractivity contribution in [2.24, 2.45) is 0 Å². The van der Waals surface area contributed by atoms with Crippen LogP contribution >= 0.6 is 0 Å². The normalized spacial score (nSPS) is 14.4. The molecule has 4 heteroatoms. The third-order valence-electron chi connectivity index (χ3n) is 5.21. The van der Waals surface area contributed by atoms with Crippen molar-refractivity contribution in [3.8, 4) is 22.8 Å². The van der Waals surface area contributed by atoms with E-state index in [1.165, 1.54) is 11.1 Å². The van der Waals surface area contributed by atoms with Gasteiger partial charge in [-0.2, -0.15) is 0 Å². The lowest BCUT2D eigenvalue weighted by Gasteiger charge is -2.20. The number of aromatic nitrogens is 1. The predicted molar refractivity (Wildman–Crippen MR) is 111 cm³/mol. The van der Waals surface area contributed by atoms with Crippen molar-refractivity contribution >= 4 is 0 Å². The average molecular weight is 374 g/mol. The van der Waals surface area contributed by atoms with Crippen LogP contribution in [0.2, 0.25) is 0 Å². The summed E-state index contributed by atoms with van der Waals surface area (Å²) in [6, 6.07) is 18.5. The van der Waals surface area contributed by atoms with E-state index in [4.69, 9.17) is 4.74 Å². The van der Waals surface area contributed by atoms with E-state index in [1.54, 1.807) is 12.3 Å². The molecule has 144 valence electrons. The van der Waals surface area contributed by atoms with E-state index in [-0.39, 0.29) is 5.75 Å². The van der Waals surface area contributed by atoms with Crippen molar-refractivity contribution in [2.75, 3.05) is 13.2 Å². The zero-order valence-electron chi connectivity index (χ0n) is 16.4. The van der Waals surface area contributed by atoms with Gasteiger partial charge in [-0.25, -0.2) is 0 Å². The van der Waals surface area contributed by atoms with Crippen LogP contribution in [-0.4, -0.2) is 28.1 Å². The Kier molecular flexibility index (Phi) is 5.31. The zero-order valence-corrected chi connectivity index (χ0v) is 16.4. The molecule has 1 aliphatic rings. The van der Waals surface area contributed by atoms with Gasteiger partial charge in [0.25, 0.3) is 0 Å². The van der Waals surface area contributed by atoms with E-state index < -0.39 is 0 Å². The van der Waals surface area contributed by atoms with E-state index >= 15 is 0 Å². The van der Waals surface area contributed by atoms with Gasteiger partial charge in [0, 0.05) is 37.0 Å². The minimum absolute atomic E-state index is 0.182. The molecule has 0 saturated carbocycles. The topological polar surface area (TPSA) is 45.6 Å². The van der Waals surface area contributed by atoms with Crippen LogP contribution in [0.3, 0.4) is 0 Å². The number of phenols is 1. The highest BCUT2D eigenvalue weighted by Crippen LogP contribution is 2.37. The monoisotopic (exact) mass is 374 g/mol. The van der Waals surface area contributed by atoms with Gasteiger partial charge < -0.3 is 9.84 Å². The van der Waals surface area contributed by atoms with Crippen LogP contribution in [0.25, 0.3) is 11.3 Å². The highest BCUT2D eigenvalue weighted by molar-refractivity contribution is 5.66. The van der Waals surface area contributed by atoms with Gasteiger partial charge in [0.1, 0.15) is 6.61 Å². The number of hydrogen-bond acceptors (Lipinski definition) is 4. The molecule has 4 nitrogen and oxygen atoms in total. The molecule has 0 spiro atoms. The molecule has 0 saturated heterocycles. The van der Waals surface area contributed by atoms with Crippen molar-refractivity contribution in [1.29, 1.82) is 0 Å². The summed E-state index contributed by atoms with van der Waals surface area (Å²) in [4.78, 5) is 6.77. The maximum atomic E-state index is 10.5. The SMILES string of the molecule is CC(C)c1ccc(CN2CCOc3c(O)cc(-c4ccccn4)cc3C2)cc1. The first-order valence-electron chi connectivity index (χ1n) is 9.81. The number of rotatable bonds is 4. The van der Waals surface area contributed by atoms with Crippen LogP contribution in [0, 0.1) is 0 Å². The first kappa shape index (κ1) is 18.5. The first-order valence-corrected chi connectivity index (χ1v) is 9.81. The summed E-state index contributed by atoms with van der Waals surface area (Å²) in [5.74, 6) is 1.32. The summed E-state index contributed by atoms with van der Waals surface area (Å²) in [5.41, 5.74) is 5.40. The number of hydrogen-bond donors (Lipinski definition) is 1. The van der Waals surface area contributed by atoms with Crippen molar-refractivity contribution in [3.05, 3.63) is 77.5 Å². The van der Waals surface area contributed by atoms with Gasteiger partial charge >= 0.3 is 0 Å². The molecule has 2 heterocycles. The lowest BCUT2D eigenvalue weighted by molar-refractivity contribution is 0.217. The summed E-state index contributed by atoms with van der Waals surface area (Å²) < 4.78 is 5.88. The number of phenolic OH excluding ortho intramolecular Hbond substituents is 1. The van der Waals surface area contributed by atoms with E-state index in [0.717, 1.165) is 36.5 Å². The minimum atomic E-state index is 0.182. The third-order valence-corrected chi connectivity index (χ3v) is 5.21. The fourth-order valence-electron chi connectivity index (χ4n) is 3.64. The van der Waals surface area contributed by atoms with Gasteiger partial charge in [0.2, 0.25) is 0 Å². The van der Waals surface area contributed by atoms with Gasteiger partial charge in [-0.15, -0.1) is 0 Å². The van der Waals surface area contributed by atoms with Gasteiger partial charge in [0.05, 0.1) is 5.69 Å². The van der Waals surface area contributed by atoms with Crippen LogP contribution in [0.4, 0.5) is 0 Å². The second-order valence-corrected chi connectivity index (χ2v) is 7.65. The van der Waals surface area contributed by atoms with Crippen LogP contribution < -0.4 is 4.74 Å². The zero-order chi connectivity index (χ0) is 19.5.